The molecule has 4 rings (SSSR count). The molecule has 39 heavy (non-hydrogen) atoms. The fourth-order valence-corrected chi connectivity index (χ4v) is 3.79. The number of carbonyl (C=O) groups excluding carboxylic acids is 1. The molecule has 0 spiro atoms. The number of carbonyl (C=O) groups is 1. The number of alkyl halides is 4. The van der Waals surface area contributed by atoms with E-state index in [1.54, 1.807) is 0 Å². The molecule has 11 heteroatoms. The van der Waals surface area contributed by atoms with Gasteiger partial charge in [0.15, 0.2) is 0 Å². The summed E-state index contributed by atoms with van der Waals surface area (Å²) >= 11 is 2.15. The van der Waals surface area contributed by atoms with Gasteiger partial charge in [0.2, 0.25) is 5.91 Å². The Labute approximate surface area is 303 Å². The molecule has 1 fully saturated rings. The summed E-state index contributed by atoms with van der Waals surface area (Å²) in [6.45, 7) is 2.64. The van der Waals surface area contributed by atoms with Crippen molar-refractivity contribution in [3.8, 4) is 0 Å². The molecule has 1 aromatic carbocycles. The van der Waals surface area contributed by atoms with Gasteiger partial charge in [0.25, 0.3) is 0 Å². The van der Waals surface area contributed by atoms with E-state index in [1.165, 1.54) is 5.56 Å². The summed E-state index contributed by atoms with van der Waals surface area (Å²) < 4.78 is 35.6. The van der Waals surface area contributed by atoms with E-state index in [0.29, 0.717) is 32.2 Å². The molecule has 2 aromatic heterocycles. The Morgan fingerprint density at radius 2 is 1.82 bits per heavy atom. The summed E-state index contributed by atoms with van der Waals surface area (Å²) in [4.78, 5) is 20.6. The van der Waals surface area contributed by atoms with Crippen LogP contribution in [-0.2, 0) is 24.7 Å². The van der Waals surface area contributed by atoms with Crippen LogP contribution in [-0.4, -0.2) is 63.4 Å². The van der Waals surface area contributed by atoms with Gasteiger partial charge in [0.1, 0.15) is 0 Å². The number of amides is 1. The van der Waals surface area contributed by atoms with Crippen LogP contribution < -0.4 is 74.2 Å². The van der Waals surface area contributed by atoms with Gasteiger partial charge in [-0.3, -0.25) is 14.5 Å². The first-order valence-corrected chi connectivity index (χ1v) is 14.4. The Kier molecular flexibility index (Phi) is 19.0. The fraction of sp³-hybridized carbons (Fsp3) is 0.500. The van der Waals surface area contributed by atoms with E-state index in [0.717, 1.165) is 28.5 Å². The van der Waals surface area contributed by atoms with Crippen LogP contribution in [0.3, 0.4) is 0 Å². The summed E-state index contributed by atoms with van der Waals surface area (Å²) in [6.07, 6.45) is 4.43. The number of pyridine rings is 1. The average molecular weight is 779 g/mol. The maximum atomic E-state index is 12.3. The van der Waals surface area contributed by atoms with Crippen LogP contribution in [0.15, 0.2) is 42.9 Å². The van der Waals surface area contributed by atoms with Gasteiger partial charge in [-0.05, 0) is 80.5 Å². The quantitative estimate of drug-likeness (QED) is 0.217. The number of benzene rings is 1. The first kappa shape index (κ1) is 38.8. The Hall–Kier alpha value is -0.158. The average Bonchev–Trinajstić information content (AvgIpc) is 3.66. The SMILES string of the molecule is CI.Cc1cncc(CCC(=O)NCC(Cc2ccc3c(cnn3C)c2)N(C)C)c1.FC(F)(F)C1CC1.[CH3-].[Cs+]. The predicted octanol–water partition coefficient (Wildman–Crippen LogP) is 2.96. The minimum absolute atomic E-state index is 0. The van der Waals surface area contributed by atoms with Gasteiger partial charge in [-0.2, -0.15) is 18.3 Å². The third kappa shape index (κ3) is 14.0. The number of hydrogen-bond acceptors (Lipinski definition) is 4. The summed E-state index contributed by atoms with van der Waals surface area (Å²) in [6, 6.07) is 8.76. The van der Waals surface area contributed by atoms with Gasteiger partial charge in [0.05, 0.1) is 17.6 Å². The van der Waals surface area contributed by atoms with Crippen molar-refractivity contribution in [3.05, 3.63) is 67.0 Å². The van der Waals surface area contributed by atoms with Crippen molar-refractivity contribution in [3.63, 3.8) is 0 Å². The molecule has 1 atom stereocenters. The van der Waals surface area contributed by atoms with E-state index >= 15 is 0 Å². The maximum Gasteiger partial charge on any atom is 1.00 e. The van der Waals surface area contributed by atoms with Crippen molar-refractivity contribution in [2.75, 3.05) is 25.6 Å². The second-order valence-electron chi connectivity index (χ2n) is 9.47. The van der Waals surface area contributed by atoms with E-state index in [1.807, 2.05) is 42.2 Å². The van der Waals surface area contributed by atoms with Crippen LogP contribution in [0, 0.1) is 20.3 Å². The van der Waals surface area contributed by atoms with Crippen LogP contribution in [0.5, 0.6) is 0 Å². The molecule has 1 unspecified atom stereocenters. The Balaban J connectivity index is 0.00000113. The number of aromatic nitrogens is 3. The van der Waals surface area contributed by atoms with Gasteiger partial charge in [-0.25, -0.2) is 0 Å². The third-order valence-electron chi connectivity index (χ3n) is 6.16. The van der Waals surface area contributed by atoms with Crippen LogP contribution in [0.4, 0.5) is 13.2 Å². The molecule has 0 radical (unpaired) electrons. The van der Waals surface area contributed by atoms with Gasteiger partial charge in [0, 0.05) is 43.8 Å². The molecule has 0 aliphatic heterocycles. The van der Waals surface area contributed by atoms with E-state index < -0.39 is 12.1 Å². The first-order chi connectivity index (χ1) is 17.5. The first-order valence-electron chi connectivity index (χ1n) is 12.2. The third-order valence-corrected chi connectivity index (χ3v) is 6.16. The molecule has 212 valence electrons. The van der Waals surface area contributed by atoms with Gasteiger partial charge in [-0.15, -0.1) is 0 Å². The predicted molar refractivity (Wildman–Crippen MR) is 157 cm³/mol. The van der Waals surface area contributed by atoms with Gasteiger partial charge >= 0.3 is 75.1 Å². The molecule has 1 N–H and O–H groups in total. The smallest absolute Gasteiger partial charge is 0.358 e. The van der Waals surface area contributed by atoms with Crippen LogP contribution in [0.1, 0.15) is 36.0 Å². The molecular formula is C28H40CsF3IN5O. The Bertz CT molecular complexity index is 1140. The van der Waals surface area contributed by atoms with Crippen molar-refractivity contribution in [2.24, 2.45) is 13.0 Å². The fourth-order valence-electron chi connectivity index (χ4n) is 3.79. The van der Waals surface area contributed by atoms with Crippen molar-refractivity contribution in [1.82, 2.24) is 25.0 Å². The number of halogens is 4. The normalized spacial score (nSPS) is 13.2. The van der Waals surface area contributed by atoms with E-state index in [9.17, 15) is 18.0 Å². The molecule has 1 saturated carbocycles. The topological polar surface area (TPSA) is 63.1 Å². The Morgan fingerprint density at radius 3 is 2.36 bits per heavy atom. The van der Waals surface area contributed by atoms with Crippen LogP contribution >= 0.6 is 22.6 Å². The van der Waals surface area contributed by atoms with Gasteiger partial charge < -0.3 is 17.6 Å². The molecule has 2 heterocycles. The number of nitrogens with one attached hydrogen (secondary N) is 1. The maximum absolute atomic E-state index is 12.3. The van der Waals surface area contributed by atoms with E-state index in [4.69, 9.17) is 0 Å². The standard InChI is InChI=1S/C22H29N5O.C4H5F3.CH3I.CH3.Cs/c1-16-9-18(13-23-12-16)6-8-22(28)24-15-20(26(2)3)11-17-5-7-21-19(10-17)14-25-27(21)4;5-4(6,7)3-1-2-3;1-2;;/h5,7,9-10,12-14,20H,6,8,11,15H2,1-4H3,(H,24,28);3H,1-2H2;1H3;1H3;/q;;;-1;+1. The molecule has 0 saturated heterocycles. The molecule has 1 aliphatic rings. The summed E-state index contributed by atoms with van der Waals surface area (Å²) in [5, 5.41) is 8.55. The van der Waals surface area contributed by atoms with Crippen molar-refractivity contribution in [2.45, 2.75) is 51.2 Å². The van der Waals surface area contributed by atoms with E-state index in [2.05, 4.69) is 81.3 Å². The minimum atomic E-state index is -3.89. The molecule has 3 aromatic rings. The number of fused-ring (bicyclic) bond motifs is 1. The van der Waals surface area contributed by atoms with E-state index in [-0.39, 0.29) is 88.3 Å². The summed E-state index contributed by atoms with van der Waals surface area (Å²) in [7, 11) is 6.06. The summed E-state index contributed by atoms with van der Waals surface area (Å²) in [5.74, 6) is -0.872. The van der Waals surface area contributed by atoms with Crippen LogP contribution in [0.2, 0.25) is 0 Å². The van der Waals surface area contributed by atoms with Crippen molar-refractivity contribution in [1.29, 1.82) is 0 Å². The number of likely N-dealkylation sites (N-methyl/N-ethyl adjacent to an activating group) is 1. The largest absolute Gasteiger partial charge is 1.00 e. The molecule has 1 amide bonds. The van der Waals surface area contributed by atoms with Gasteiger partial charge in [-0.1, -0.05) is 34.7 Å². The zero-order valence-corrected chi connectivity index (χ0v) is 32.6. The summed E-state index contributed by atoms with van der Waals surface area (Å²) in [5.41, 5.74) is 4.60. The molecular weight excluding hydrogens is 739 g/mol. The van der Waals surface area contributed by atoms with Crippen LogP contribution in [0.25, 0.3) is 10.9 Å². The van der Waals surface area contributed by atoms with Crippen molar-refractivity contribution >= 4 is 39.4 Å². The molecule has 6 nitrogen and oxygen atoms in total. The monoisotopic (exact) mass is 779 g/mol. The minimum Gasteiger partial charge on any atom is -0.358 e. The number of rotatable bonds is 8. The zero-order valence-electron chi connectivity index (χ0n) is 24.1. The molecule has 1 aliphatic carbocycles. The second-order valence-corrected chi connectivity index (χ2v) is 9.47. The number of hydrogen-bond donors (Lipinski definition) is 1. The number of aryl methyl sites for hydroxylation is 3. The number of nitrogens with zero attached hydrogens (tertiary/aromatic N) is 4. The molecule has 0 bridgehead atoms. The zero-order chi connectivity index (χ0) is 27.6. The Morgan fingerprint density at radius 1 is 1.15 bits per heavy atom. The van der Waals surface area contributed by atoms with Crippen molar-refractivity contribution < 1.29 is 86.9 Å². The second kappa shape index (κ2) is 19.1.